The van der Waals surface area contributed by atoms with Gasteiger partial charge in [0.25, 0.3) is 5.69 Å². The molecule has 0 saturated carbocycles. The molecule has 0 atom stereocenters. The first kappa shape index (κ1) is 13.5. The summed E-state index contributed by atoms with van der Waals surface area (Å²) < 4.78 is 13.4. The highest BCUT2D eigenvalue weighted by molar-refractivity contribution is 7.09. The van der Waals surface area contributed by atoms with E-state index in [0.717, 1.165) is 10.9 Å². The molecule has 0 radical (unpaired) electrons. The molecular formula is C13H13FN2O2S. The minimum atomic E-state index is -0.589. The molecule has 0 saturated heterocycles. The number of nitro groups is 1. The Hall–Kier alpha value is -1.95. The van der Waals surface area contributed by atoms with Gasteiger partial charge < -0.3 is 4.90 Å². The zero-order chi connectivity index (χ0) is 13.8. The molecular weight excluding hydrogens is 267 g/mol. The number of hydrogen-bond acceptors (Lipinski definition) is 4. The molecule has 0 unspecified atom stereocenters. The smallest absolute Gasteiger partial charge is 0.274 e. The Morgan fingerprint density at radius 2 is 2.21 bits per heavy atom. The molecule has 0 spiro atoms. The van der Waals surface area contributed by atoms with Crippen molar-refractivity contribution in [3.05, 3.63) is 56.5 Å². The maximum atomic E-state index is 13.4. The fourth-order valence-electron chi connectivity index (χ4n) is 1.82. The fraction of sp³-hybridized carbons (Fsp3) is 0.231. The number of nitrogens with zero attached hydrogens (tertiary/aromatic N) is 2. The first-order valence-corrected chi connectivity index (χ1v) is 6.70. The van der Waals surface area contributed by atoms with Gasteiger partial charge in [-0.3, -0.25) is 10.1 Å². The highest BCUT2D eigenvalue weighted by Gasteiger charge is 2.14. The van der Waals surface area contributed by atoms with Crippen molar-refractivity contribution in [3.8, 4) is 0 Å². The van der Waals surface area contributed by atoms with Crippen LogP contribution in [0.4, 0.5) is 15.8 Å². The Balaban J connectivity index is 2.29. The molecule has 0 aliphatic rings. The first-order valence-electron chi connectivity index (χ1n) is 5.82. The maximum absolute atomic E-state index is 13.4. The van der Waals surface area contributed by atoms with Gasteiger partial charge in [0.05, 0.1) is 17.5 Å². The highest BCUT2D eigenvalue weighted by atomic mass is 32.1. The second-order valence-corrected chi connectivity index (χ2v) is 5.05. The standard InChI is InChI=1S/C13H13FN2O2S/c1-2-15(9-13-4-3-5-19-13)11-6-10(14)7-12(8-11)16(17)18/h3-8H,2,9H2,1H3. The van der Waals surface area contributed by atoms with E-state index in [0.29, 0.717) is 18.8 Å². The molecule has 19 heavy (non-hydrogen) atoms. The Morgan fingerprint density at radius 1 is 1.42 bits per heavy atom. The summed E-state index contributed by atoms with van der Waals surface area (Å²) in [6, 6.07) is 7.59. The van der Waals surface area contributed by atoms with E-state index in [1.54, 1.807) is 11.3 Å². The minimum Gasteiger partial charge on any atom is -0.366 e. The molecule has 6 heteroatoms. The second-order valence-electron chi connectivity index (χ2n) is 4.02. The number of rotatable bonds is 5. The van der Waals surface area contributed by atoms with Crippen LogP contribution < -0.4 is 4.90 Å². The van der Waals surface area contributed by atoms with Gasteiger partial charge in [0.15, 0.2) is 0 Å². The van der Waals surface area contributed by atoms with Crippen LogP contribution in [0.3, 0.4) is 0 Å². The Labute approximate surface area is 114 Å². The summed E-state index contributed by atoms with van der Waals surface area (Å²) in [4.78, 5) is 13.2. The summed E-state index contributed by atoms with van der Waals surface area (Å²) in [5, 5.41) is 12.7. The van der Waals surface area contributed by atoms with E-state index in [1.165, 1.54) is 12.1 Å². The molecule has 2 rings (SSSR count). The zero-order valence-electron chi connectivity index (χ0n) is 10.4. The highest BCUT2D eigenvalue weighted by Crippen LogP contribution is 2.25. The lowest BCUT2D eigenvalue weighted by Gasteiger charge is -2.22. The second kappa shape index (κ2) is 5.79. The molecule has 0 bridgehead atoms. The van der Waals surface area contributed by atoms with Crippen LogP contribution in [0.1, 0.15) is 11.8 Å². The van der Waals surface area contributed by atoms with Crippen LogP contribution in [-0.4, -0.2) is 11.5 Å². The van der Waals surface area contributed by atoms with Crippen LogP contribution in [0.15, 0.2) is 35.7 Å². The third kappa shape index (κ3) is 3.29. The van der Waals surface area contributed by atoms with Crippen molar-refractivity contribution < 1.29 is 9.31 Å². The molecule has 0 fully saturated rings. The summed E-state index contributed by atoms with van der Waals surface area (Å²) >= 11 is 1.61. The van der Waals surface area contributed by atoms with E-state index in [-0.39, 0.29) is 5.69 Å². The topological polar surface area (TPSA) is 46.4 Å². The van der Waals surface area contributed by atoms with Gasteiger partial charge >= 0.3 is 0 Å². The molecule has 2 aromatic rings. The molecule has 4 nitrogen and oxygen atoms in total. The van der Waals surface area contributed by atoms with Crippen molar-refractivity contribution >= 4 is 22.7 Å². The molecule has 0 aliphatic carbocycles. The van der Waals surface area contributed by atoms with Gasteiger partial charge in [-0.2, -0.15) is 0 Å². The predicted molar refractivity (Wildman–Crippen MR) is 74.1 cm³/mol. The van der Waals surface area contributed by atoms with E-state index in [4.69, 9.17) is 0 Å². The van der Waals surface area contributed by atoms with Crippen LogP contribution in [0.2, 0.25) is 0 Å². The number of thiophene rings is 1. The fourth-order valence-corrected chi connectivity index (χ4v) is 2.54. The van der Waals surface area contributed by atoms with Crippen molar-refractivity contribution in [2.75, 3.05) is 11.4 Å². The normalized spacial score (nSPS) is 10.4. The van der Waals surface area contributed by atoms with E-state index in [9.17, 15) is 14.5 Å². The minimum absolute atomic E-state index is 0.223. The zero-order valence-corrected chi connectivity index (χ0v) is 11.2. The van der Waals surface area contributed by atoms with Gasteiger partial charge in [0.2, 0.25) is 0 Å². The predicted octanol–water partition coefficient (Wildman–Crippen LogP) is 3.82. The van der Waals surface area contributed by atoms with Crippen LogP contribution in [0.25, 0.3) is 0 Å². The lowest BCUT2D eigenvalue weighted by molar-refractivity contribution is -0.385. The van der Waals surface area contributed by atoms with E-state index < -0.39 is 10.7 Å². The summed E-state index contributed by atoms with van der Waals surface area (Å²) in [6.07, 6.45) is 0. The van der Waals surface area contributed by atoms with Crippen molar-refractivity contribution in [2.24, 2.45) is 0 Å². The molecule has 0 N–H and O–H groups in total. The van der Waals surface area contributed by atoms with Crippen molar-refractivity contribution in [3.63, 3.8) is 0 Å². The summed E-state index contributed by atoms with van der Waals surface area (Å²) in [6.45, 7) is 3.21. The largest absolute Gasteiger partial charge is 0.366 e. The Kier molecular flexibility index (Phi) is 4.11. The molecule has 0 aliphatic heterocycles. The van der Waals surface area contributed by atoms with Crippen LogP contribution in [0.5, 0.6) is 0 Å². The monoisotopic (exact) mass is 280 g/mol. The first-order chi connectivity index (χ1) is 9.10. The maximum Gasteiger partial charge on any atom is 0.274 e. The lowest BCUT2D eigenvalue weighted by Crippen LogP contribution is -2.21. The van der Waals surface area contributed by atoms with E-state index in [1.807, 2.05) is 29.3 Å². The molecule has 1 heterocycles. The third-order valence-electron chi connectivity index (χ3n) is 2.75. The SMILES string of the molecule is CCN(Cc1cccs1)c1cc(F)cc([N+](=O)[O-])c1. The number of non-ortho nitro benzene ring substituents is 1. The molecule has 1 aromatic heterocycles. The summed E-state index contributed by atoms with van der Waals surface area (Å²) in [7, 11) is 0. The Bertz CT molecular complexity index is 572. The van der Waals surface area contributed by atoms with Crippen molar-refractivity contribution in [1.29, 1.82) is 0 Å². The van der Waals surface area contributed by atoms with Crippen LogP contribution in [-0.2, 0) is 6.54 Å². The average molecular weight is 280 g/mol. The van der Waals surface area contributed by atoms with Crippen molar-refractivity contribution in [2.45, 2.75) is 13.5 Å². The number of hydrogen-bond donors (Lipinski definition) is 0. The van der Waals surface area contributed by atoms with Crippen LogP contribution >= 0.6 is 11.3 Å². The van der Waals surface area contributed by atoms with Gasteiger partial charge in [-0.05, 0) is 24.4 Å². The number of halogens is 1. The van der Waals surface area contributed by atoms with Gasteiger partial charge in [0.1, 0.15) is 5.82 Å². The molecule has 1 aromatic carbocycles. The number of nitro benzene ring substituents is 1. The van der Waals surface area contributed by atoms with Gasteiger partial charge in [-0.25, -0.2) is 4.39 Å². The summed E-state index contributed by atoms with van der Waals surface area (Å²) in [5.74, 6) is -0.589. The molecule has 0 amide bonds. The number of anilines is 1. The average Bonchev–Trinajstić information content (AvgIpc) is 2.88. The van der Waals surface area contributed by atoms with Crippen molar-refractivity contribution in [1.82, 2.24) is 0 Å². The quantitative estimate of drug-likeness (QED) is 0.618. The summed E-state index contributed by atoms with van der Waals surface area (Å²) in [5.41, 5.74) is 0.308. The third-order valence-corrected chi connectivity index (χ3v) is 3.61. The van der Waals surface area contributed by atoms with Gasteiger partial charge in [-0.15, -0.1) is 11.3 Å². The van der Waals surface area contributed by atoms with Crippen LogP contribution in [0, 0.1) is 15.9 Å². The van der Waals surface area contributed by atoms with Gasteiger partial charge in [-0.1, -0.05) is 6.07 Å². The van der Waals surface area contributed by atoms with E-state index in [2.05, 4.69) is 0 Å². The van der Waals surface area contributed by atoms with Gasteiger partial charge in [0, 0.05) is 23.2 Å². The number of benzene rings is 1. The molecule has 100 valence electrons. The Morgan fingerprint density at radius 3 is 2.79 bits per heavy atom. The lowest BCUT2D eigenvalue weighted by atomic mass is 10.2. The van der Waals surface area contributed by atoms with E-state index >= 15 is 0 Å².